The lowest BCUT2D eigenvalue weighted by atomic mass is 10.0. The van der Waals surface area contributed by atoms with Gasteiger partial charge in [0.05, 0.1) is 11.6 Å². The van der Waals surface area contributed by atoms with E-state index in [2.05, 4.69) is 10.9 Å². The first-order valence-electron chi connectivity index (χ1n) is 9.74. The minimum absolute atomic E-state index is 0.0251. The lowest BCUT2D eigenvalue weighted by Crippen LogP contribution is -2.47. The van der Waals surface area contributed by atoms with Gasteiger partial charge < -0.3 is 4.74 Å². The Labute approximate surface area is 179 Å². The van der Waals surface area contributed by atoms with Crippen molar-refractivity contribution >= 4 is 28.4 Å². The van der Waals surface area contributed by atoms with E-state index in [0.717, 1.165) is 10.8 Å². The highest BCUT2D eigenvalue weighted by Crippen LogP contribution is 2.17. The number of fused-ring (bicyclic) bond motifs is 1. The number of amides is 2. The minimum atomic E-state index is -0.868. The standard InChI is InChI=1S/C24H21N3O4/c1-16(31-21-10-6-17(15-25)7-11-21)24(30)27-26-23(29)13-12-22(28)20-9-8-18-4-2-3-5-19(18)14-20/h2-11,14,16H,12-13H2,1H3,(H,26,29)(H,27,30)/t16-/m0/s1. The smallest absolute Gasteiger partial charge is 0.279 e. The zero-order valence-electron chi connectivity index (χ0n) is 16.9. The van der Waals surface area contributed by atoms with Gasteiger partial charge in [-0.25, -0.2) is 0 Å². The first-order chi connectivity index (χ1) is 15.0. The van der Waals surface area contributed by atoms with Crippen molar-refractivity contribution in [3.05, 3.63) is 77.9 Å². The van der Waals surface area contributed by atoms with Crippen LogP contribution in [0.1, 0.15) is 35.7 Å². The van der Waals surface area contributed by atoms with Gasteiger partial charge in [-0.2, -0.15) is 5.26 Å². The number of carbonyl (C=O) groups excluding carboxylic acids is 3. The summed E-state index contributed by atoms with van der Waals surface area (Å²) < 4.78 is 5.47. The van der Waals surface area contributed by atoms with Crippen molar-refractivity contribution in [3.8, 4) is 11.8 Å². The van der Waals surface area contributed by atoms with Crippen LogP contribution < -0.4 is 15.6 Å². The molecular formula is C24H21N3O4. The molecule has 3 aromatic rings. The topological polar surface area (TPSA) is 108 Å². The molecule has 0 aliphatic heterocycles. The Hall–Kier alpha value is -4.18. The zero-order valence-corrected chi connectivity index (χ0v) is 16.9. The highest BCUT2D eigenvalue weighted by Gasteiger charge is 2.16. The Morgan fingerprint density at radius 1 is 0.935 bits per heavy atom. The molecule has 3 aromatic carbocycles. The van der Waals surface area contributed by atoms with Gasteiger partial charge in [-0.05, 0) is 48.0 Å². The third-order valence-electron chi connectivity index (χ3n) is 4.64. The SMILES string of the molecule is C[C@H](Oc1ccc(C#N)cc1)C(=O)NNC(=O)CCC(=O)c1ccc2ccccc2c1. The Morgan fingerprint density at radius 3 is 2.35 bits per heavy atom. The van der Waals surface area contributed by atoms with Crippen LogP contribution in [-0.2, 0) is 9.59 Å². The summed E-state index contributed by atoms with van der Waals surface area (Å²) in [5, 5.41) is 10.8. The molecule has 7 heteroatoms. The molecule has 0 saturated carbocycles. The molecule has 0 saturated heterocycles. The summed E-state index contributed by atoms with van der Waals surface area (Å²) >= 11 is 0. The van der Waals surface area contributed by atoms with Crippen molar-refractivity contribution in [3.63, 3.8) is 0 Å². The Bertz CT molecular complexity index is 1150. The van der Waals surface area contributed by atoms with Gasteiger partial charge in [0.2, 0.25) is 5.91 Å². The second kappa shape index (κ2) is 10.0. The molecule has 0 aliphatic rings. The number of nitrogens with zero attached hydrogens (tertiary/aromatic N) is 1. The van der Waals surface area contributed by atoms with Crippen molar-refractivity contribution in [2.75, 3.05) is 0 Å². The lowest BCUT2D eigenvalue weighted by molar-refractivity contribution is -0.132. The summed E-state index contributed by atoms with van der Waals surface area (Å²) in [6.45, 7) is 1.53. The zero-order chi connectivity index (χ0) is 22.2. The first kappa shape index (κ1) is 21.5. The van der Waals surface area contributed by atoms with Crippen LogP contribution >= 0.6 is 0 Å². The molecule has 0 bridgehead atoms. The van der Waals surface area contributed by atoms with Crippen molar-refractivity contribution in [2.45, 2.75) is 25.9 Å². The highest BCUT2D eigenvalue weighted by atomic mass is 16.5. The van der Waals surface area contributed by atoms with E-state index in [-0.39, 0.29) is 18.6 Å². The number of hydrazine groups is 1. The second-order valence-electron chi connectivity index (χ2n) is 6.92. The van der Waals surface area contributed by atoms with E-state index in [4.69, 9.17) is 10.00 Å². The number of benzene rings is 3. The number of carbonyl (C=O) groups is 3. The van der Waals surface area contributed by atoms with Crippen LogP contribution in [0.4, 0.5) is 0 Å². The van der Waals surface area contributed by atoms with Crippen molar-refractivity contribution in [1.29, 1.82) is 5.26 Å². The van der Waals surface area contributed by atoms with E-state index in [9.17, 15) is 14.4 Å². The van der Waals surface area contributed by atoms with E-state index >= 15 is 0 Å². The highest BCUT2D eigenvalue weighted by molar-refractivity contribution is 6.01. The number of nitrogens with one attached hydrogen (secondary N) is 2. The predicted molar refractivity (Wildman–Crippen MR) is 115 cm³/mol. The molecule has 2 N–H and O–H groups in total. The van der Waals surface area contributed by atoms with Gasteiger partial charge in [-0.15, -0.1) is 0 Å². The largest absolute Gasteiger partial charge is 0.481 e. The van der Waals surface area contributed by atoms with Crippen molar-refractivity contribution in [2.24, 2.45) is 0 Å². The summed E-state index contributed by atoms with van der Waals surface area (Å²) in [6.07, 6.45) is -0.902. The monoisotopic (exact) mass is 415 g/mol. The summed E-state index contributed by atoms with van der Waals surface area (Å²) in [5.74, 6) is -0.745. The molecule has 2 amide bonds. The molecule has 0 aliphatic carbocycles. The summed E-state index contributed by atoms with van der Waals surface area (Å²) in [6, 6.07) is 21.5. The van der Waals surface area contributed by atoms with Crippen LogP contribution in [0.5, 0.6) is 5.75 Å². The fourth-order valence-corrected chi connectivity index (χ4v) is 2.90. The number of hydrogen-bond donors (Lipinski definition) is 2. The number of hydrogen-bond acceptors (Lipinski definition) is 5. The van der Waals surface area contributed by atoms with Crippen LogP contribution in [0.3, 0.4) is 0 Å². The average Bonchev–Trinajstić information content (AvgIpc) is 2.81. The molecule has 0 aromatic heterocycles. The number of ketones is 1. The van der Waals surface area contributed by atoms with Gasteiger partial charge in [0.1, 0.15) is 5.75 Å². The Kier molecular flexibility index (Phi) is 6.97. The molecule has 3 rings (SSSR count). The molecule has 156 valence electrons. The molecule has 0 radical (unpaired) electrons. The van der Waals surface area contributed by atoms with Gasteiger partial charge in [-0.3, -0.25) is 25.2 Å². The number of rotatable bonds is 7. The summed E-state index contributed by atoms with van der Waals surface area (Å²) in [7, 11) is 0. The number of Topliss-reactive ketones (excluding diaryl/α,β-unsaturated/α-hetero) is 1. The van der Waals surface area contributed by atoms with E-state index in [0.29, 0.717) is 16.9 Å². The quantitative estimate of drug-likeness (QED) is 0.455. The van der Waals surface area contributed by atoms with E-state index < -0.39 is 17.9 Å². The minimum Gasteiger partial charge on any atom is -0.481 e. The molecule has 0 heterocycles. The van der Waals surface area contributed by atoms with Gasteiger partial charge >= 0.3 is 0 Å². The molecule has 7 nitrogen and oxygen atoms in total. The van der Waals surface area contributed by atoms with Crippen LogP contribution in [0.25, 0.3) is 10.8 Å². The van der Waals surface area contributed by atoms with Gasteiger partial charge in [-0.1, -0.05) is 36.4 Å². The van der Waals surface area contributed by atoms with E-state index in [1.165, 1.54) is 6.92 Å². The third kappa shape index (κ3) is 5.90. The van der Waals surface area contributed by atoms with E-state index in [1.54, 1.807) is 36.4 Å². The maximum Gasteiger partial charge on any atom is 0.279 e. The van der Waals surface area contributed by atoms with Crippen LogP contribution in [0.2, 0.25) is 0 Å². The average molecular weight is 415 g/mol. The third-order valence-corrected chi connectivity index (χ3v) is 4.64. The first-order valence-corrected chi connectivity index (χ1v) is 9.74. The van der Waals surface area contributed by atoms with Crippen LogP contribution in [0.15, 0.2) is 66.7 Å². The molecule has 0 spiro atoms. The van der Waals surface area contributed by atoms with Crippen molar-refractivity contribution < 1.29 is 19.1 Å². The van der Waals surface area contributed by atoms with Gasteiger partial charge in [0.15, 0.2) is 11.9 Å². The fourth-order valence-electron chi connectivity index (χ4n) is 2.90. The van der Waals surface area contributed by atoms with Crippen LogP contribution in [-0.4, -0.2) is 23.7 Å². The molecule has 0 fully saturated rings. The molecule has 0 unspecified atom stereocenters. The normalized spacial score (nSPS) is 11.2. The Balaban J connectivity index is 1.43. The summed E-state index contributed by atoms with van der Waals surface area (Å²) in [5.41, 5.74) is 5.60. The molecule has 31 heavy (non-hydrogen) atoms. The predicted octanol–water partition coefficient (Wildman–Crippen LogP) is 3.29. The van der Waals surface area contributed by atoms with E-state index in [1.807, 2.05) is 36.4 Å². The van der Waals surface area contributed by atoms with Gasteiger partial charge in [0.25, 0.3) is 5.91 Å². The van der Waals surface area contributed by atoms with Crippen molar-refractivity contribution in [1.82, 2.24) is 10.9 Å². The maximum absolute atomic E-state index is 12.4. The summed E-state index contributed by atoms with van der Waals surface area (Å²) in [4.78, 5) is 36.5. The second-order valence-corrected chi connectivity index (χ2v) is 6.92. The molecular weight excluding hydrogens is 394 g/mol. The molecule has 1 atom stereocenters. The number of ether oxygens (including phenoxy) is 1. The number of nitriles is 1. The Morgan fingerprint density at radius 2 is 1.65 bits per heavy atom. The maximum atomic E-state index is 12.4. The lowest BCUT2D eigenvalue weighted by Gasteiger charge is -2.15. The fraction of sp³-hybridized carbons (Fsp3) is 0.167. The van der Waals surface area contributed by atoms with Crippen LogP contribution in [0, 0.1) is 11.3 Å². The van der Waals surface area contributed by atoms with Gasteiger partial charge in [0, 0.05) is 18.4 Å².